The number of ether oxygens (including phenoxy) is 1. The maximum absolute atomic E-state index is 5.66. The van der Waals surface area contributed by atoms with E-state index in [9.17, 15) is 0 Å². The molecule has 0 fully saturated rings. The van der Waals surface area contributed by atoms with Gasteiger partial charge in [-0.05, 0) is 23.6 Å². The van der Waals surface area contributed by atoms with Crippen molar-refractivity contribution in [3.05, 3.63) is 29.3 Å². The molecule has 1 aromatic rings. The maximum atomic E-state index is 5.66. The number of rotatable bonds is 3. The number of methoxy groups -OCH3 is 1. The van der Waals surface area contributed by atoms with E-state index in [1.54, 1.807) is 7.11 Å². The lowest BCUT2D eigenvalue weighted by atomic mass is 9.99. The average Bonchev–Trinajstić information content (AvgIpc) is 2.16. The lowest BCUT2D eigenvalue weighted by molar-refractivity contribution is 0.406. The van der Waals surface area contributed by atoms with Gasteiger partial charge in [0.2, 0.25) is 0 Å². The Morgan fingerprint density at radius 3 is 2.29 bits per heavy atom. The van der Waals surface area contributed by atoms with E-state index < -0.39 is 6.17 Å². The summed E-state index contributed by atoms with van der Waals surface area (Å²) in [7, 11) is 1.62. The second-order valence-electron chi connectivity index (χ2n) is 3.68. The molecular weight excluding hydrogens is 176 g/mol. The van der Waals surface area contributed by atoms with Gasteiger partial charge in [-0.1, -0.05) is 19.9 Å². The van der Waals surface area contributed by atoms with Crippen LogP contribution in [0.2, 0.25) is 0 Å². The van der Waals surface area contributed by atoms with Crippen LogP contribution >= 0.6 is 0 Å². The van der Waals surface area contributed by atoms with Crippen LogP contribution in [-0.4, -0.2) is 7.11 Å². The second kappa shape index (κ2) is 4.44. The van der Waals surface area contributed by atoms with Crippen LogP contribution in [0.25, 0.3) is 0 Å². The third-order valence-electron chi connectivity index (χ3n) is 2.28. The molecule has 0 aromatic heterocycles. The van der Waals surface area contributed by atoms with E-state index in [4.69, 9.17) is 16.2 Å². The molecule has 78 valence electrons. The van der Waals surface area contributed by atoms with Crippen LogP contribution in [0.1, 0.15) is 37.1 Å². The number of nitrogens with two attached hydrogens (primary N) is 2. The Balaban J connectivity index is 3.14. The Labute approximate surface area is 85.0 Å². The first-order valence-corrected chi connectivity index (χ1v) is 4.75. The molecule has 0 unspecified atom stereocenters. The van der Waals surface area contributed by atoms with Crippen LogP contribution in [0.3, 0.4) is 0 Å². The zero-order valence-corrected chi connectivity index (χ0v) is 8.95. The molecule has 0 spiro atoms. The minimum atomic E-state index is -0.483. The van der Waals surface area contributed by atoms with Crippen LogP contribution in [0.4, 0.5) is 0 Å². The lowest BCUT2D eigenvalue weighted by Gasteiger charge is -2.14. The summed E-state index contributed by atoms with van der Waals surface area (Å²) >= 11 is 0. The highest BCUT2D eigenvalue weighted by Crippen LogP contribution is 2.26. The van der Waals surface area contributed by atoms with Gasteiger partial charge in [-0.25, -0.2) is 0 Å². The minimum Gasteiger partial charge on any atom is -0.496 e. The Kier molecular flexibility index (Phi) is 3.49. The van der Waals surface area contributed by atoms with Crippen molar-refractivity contribution in [2.24, 2.45) is 11.5 Å². The first kappa shape index (κ1) is 11.0. The monoisotopic (exact) mass is 194 g/mol. The van der Waals surface area contributed by atoms with Gasteiger partial charge < -0.3 is 16.2 Å². The van der Waals surface area contributed by atoms with Crippen molar-refractivity contribution < 1.29 is 4.74 Å². The molecule has 0 heterocycles. The third kappa shape index (κ3) is 2.25. The molecule has 0 amide bonds. The van der Waals surface area contributed by atoms with Crippen LogP contribution in [0, 0.1) is 0 Å². The van der Waals surface area contributed by atoms with E-state index in [1.165, 1.54) is 5.56 Å². The fraction of sp³-hybridized carbons (Fsp3) is 0.455. The zero-order chi connectivity index (χ0) is 10.7. The van der Waals surface area contributed by atoms with Crippen molar-refractivity contribution in [2.45, 2.75) is 25.9 Å². The van der Waals surface area contributed by atoms with Gasteiger partial charge in [0.1, 0.15) is 5.75 Å². The Morgan fingerprint density at radius 1 is 1.21 bits per heavy atom. The quantitative estimate of drug-likeness (QED) is 0.720. The molecule has 14 heavy (non-hydrogen) atoms. The Bertz CT molecular complexity index is 308. The fourth-order valence-corrected chi connectivity index (χ4v) is 1.37. The molecule has 0 aliphatic rings. The van der Waals surface area contributed by atoms with Crippen LogP contribution in [0.15, 0.2) is 18.2 Å². The van der Waals surface area contributed by atoms with Gasteiger partial charge in [-0.3, -0.25) is 0 Å². The third-order valence-corrected chi connectivity index (χ3v) is 2.28. The SMILES string of the molecule is COc1ccc(C(C)C)cc1C(N)N. The van der Waals surface area contributed by atoms with E-state index in [2.05, 4.69) is 13.8 Å². The first-order chi connectivity index (χ1) is 6.56. The summed E-state index contributed by atoms with van der Waals surface area (Å²) in [6.07, 6.45) is -0.483. The fourth-order valence-electron chi connectivity index (χ4n) is 1.37. The molecular formula is C11H18N2O. The molecule has 0 aliphatic heterocycles. The van der Waals surface area contributed by atoms with Gasteiger partial charge in [-0.15, -0.1) is 0 Å². The van der Waals surface area contributed by atoms with Crippen molar-refractivity contribution >= 4 is 0 Å². The predicted molar refractivity (Wildman–Crippen MR) is 58.2 cm³/mol. The zero-order valence-electron chi connectivity index (χ0n) is 8.95. The van der Waals surface area contributed by atoms with E-state index in [0.29, 0.717) is 5.92 Å². The summed E-state index contributed by atoms with van der Waals surface area (Å²) in [6.45, 7) is 4.27. The van der Waals surface area contributed by atoms with Gasteiger partial charge in [0.05, 0.1) is 13.3 Å². The van der Waals surface area contributed by atoms with E-state index in [-0.39, 0.29) is 0 Å². The molecule has 0 aliphatic carbocycles. The second-order valence-corrected chi connectivity index (χ2v) is 3.68. The topological polar surface area (TPSA) is 61.3 Å². The molecule has 0 atom stereocenters. The highest BCUT2D eigenvalue weighted by Gasteiger charge is 2.10. The molecule has 1 aromatic carbocycles. The predicted octanol–water partition coefficient (Wildman–Crippen LogP) is 1.73. The van der Waals surface area contributed by atoms with E-state index in [0.717, 1.165) is 11.3 Å². The Hall–Kier alpha value is -1.06. The molecule has 3 heteroatoms. The minimum absolute atomic E-state index is 0.471. The van der Waals surface area contributed by atoms with Gasteiger partial charge in [0.15, 0.2) is 0 Å². The van der Waals surface area contributed by atoms with Crippen molar-refractivity contribution in [1.29, 1.82) is 0 Å². The molecule has 3 nitrogen and oxygen atoms in total. The number of hydrogen-bond acceptors (Lipinski definition) is 3. The summed E-state index contributed by atoms with van der Waals surface area (Å²) in [5.74, 6) is 1.22. The summed E-state index contributed by atoms with van der Waals surface area (Å²) in [5.41, 5.74) is 13.4. The molecule has 4 N–H and O–H groups in total. The van der Waals surface area contributed by atoms with Crippen molar-refractivity contribution in [3.63, 3.8) is 0 Å². The van der Waals surface area contributed by atoms with Gasteiger partial charge in [0, 0.05) is 5.56 Å². The maximum Gasteiger partial charge on any atom is 0.124 e. The largest absolute Gasteiger partial charge is 0.496 e. The Morgan fingerprint density at radius 2 is 1.86 bits per heavy atom. The van der Waals surface area contributed by atoms with E-state index in [1.807, 2.05) is 18.2 Å². The van der Waals surface area contributed by atoms with Crippen LogP contribution in [0.5, 0.6) is 5.75 Å². The van der Waals surface area contributed by atoms with E-state index >= 15 is 0 Å². The summed E-state index contributed by atoms with van der Waals surface area (Å²) in [5, 5.41) is 0. The standard InChI is InChI=1S/C11H18N2O/c1-7(2)8-4-5-10(14-3)9(6-8)11(12)13/h4-7,11H,12-13H2,1-3H3. The van der Waals surface area contributed by atoms with Gasteiger partial charge >= 0.3 is 0 Å². The molecule has 1 rings (SSSR count). The number of hydrogen-bond donors (Lipinski definition) is 2. The highest BCUT2D eigenvalue weighted by atomic mass is 16.5. The van der Waals surface area contributed by atoms with Crippen molar-refractivity contribution in [3.8, 4) is 5.75 Å². The van der Waals surface area contributed by atoms with Crippen molar-refractivity contribution in [1.82, 2.24) is 0 Å². The summed E-state index contributed by atoms with van der Waals surface area (Å²) < 4.78 is 5.18. The number of benzene rings is 1. The lowest BCUT2D eigenvalue weighted by Crippen LogP contribution is -2.21. The first-order valence-electron chi connectivity index (χ1n) is 4.75. The molecule has 0 saturated carbocycles. The molecule has 0 radical (unpaired) electrons. The van der Waals surface area contributed by atoms with Gasteiger partial charge in [0.25, 0.3) is 0 Å². The normalized spacial score (nSPS) is 11.1. The molecule has 0 bridgehead atoms. The summed E-state index contributed by atoms with van der Waals surface area (Å²) in [6, 6.07) is 5.96. The summed E-state index contributed by atoms with van der Waals surface area (Å²) in [4.78, 5) is 0. The smallest absolute Gasteiger partial charge is 0.124 e. The highest BCUT2D eigenvalue weighted by molar-refractivity contribution is 5.39. The average molecular weight is 194 g/mol. The van der Waals surface area contributed by atoms with Crippen molar-refractivity contribution in [2.75, 3.05) is 7.11 Å². The van der Waals surface area contributed by atoms with Crippen LogP contribution in [-0.2, 0) is 0 Å². The van der Waals surface area contributed by atoms with Crippen LogP contribution < -0.4 is 16.2 Å². The van der Waals surface area contributed by atoms with Gasteiger partial charge in [-0.2, -0.15) is 0 Å². The molecule has 0 saturated heterocycles.